The number of rotatable bonds is 38. The van der Waals surface area contributed by atoms with E-state index in [-0.39, 0.29) is 37.8 Å². The zero-order valence-electron chi connectivity index (χ0n) is 33.1. The number of hydrogen-bond acceptors (Lipinski definition) is 6. The first kappa shape index (κ1) is 48.5. The number of hydrogen-bond donors (Lipinski definition) is 1. The molecule has 0 amide bonds. The Labute approximate surface area is 314 Å². The van der Waals surface area contributed by atoms with Crippen molar-refractivity contribution in [1.82, 2.24) is 0 Å². The lowest BCUT2D eigenvalue weighted by Gasteiger charge is -2.12. The van der Waals surface area contributed by atoms with Gasteiger partial charge in [-0.2, -0.15) is 0 Å². The Morgan fingerprint density at radius 2 is 0.882 bits per heavy atom. The van der Waals surface area contributed by atoms with Gasteiger partial charge in [-0.15, -0.1) is 0 Å². The monoisotopic (exact) mass is 715 g/mol. The molecule has 0 rings (SSSR count). The van der Waals surface area contributed by atoms with Crippen molar-refractivity contribution in [2.24, 2.45) is 0 Å². The number of aliphatic hydroxyl groups is 1. The predicted octanol–water partition coefficient (Wildman–Crippen LogP) is 12.6. The summed E-state index contributed by atoms with van der Waals surface area (Å²) in [6.07, 6.45) is 47.4. The van der Waals surface area contributed by atoms with Crippen LogP contribution in [0.1, 0.15) is 200 Å². The molecule has 0 aromatic heterocycles. The molecule has 0 saturated carbocycles. The minimum absolute atomic E-state index is 0.0480. The van der Waals surface area contributed by atoms with Crippen LogP contribution in [0.3, 0.4) is 0 Å². The van der Waals surface area contributed by atoms with Crippen molar-refractivity contribution in [1.29, 1.82) is 0 Å². The highest BCUT2D eigenvalue weighted by Crippen LogP contribution is 2.15. The van der Waals surface area contributed by atoms with Gasteiger partial charge in [-0.05, 0) is 44.6 Å². The third-order valence-electron chi connectivity index (χ3n) is 9.04. The molecular formula is C45H78O6. The maximum atomic E-state index is 12.0. The Balaban J connectivity index is 3.58. The highest BCUT2D eigenvalue weighted by molar-refractivity contribution is 5.90. The zero-order valence-corrected chi connectivity index (χ0v) is 33.1. The van der Waals surface area contributed by atoms with Crippen LogP contribution in [0.5, 0.6) is 0 Å². The third-order valence-corrected chi connectivity index (χ3v) is 9.04. The van der Waals surface area contributed by atoms with Crippen LogP contribution < -0.4 is 0 Å². The van der Waals surface area contributed by atoms with Gasteiger partial charge in [-0.25, -0.2) is 0 Å². The van der Waals surface area contributed by atoms with Crippen molar-refractivity contribution in [3.8, 4) is 0 Å². The van der Waals surface area contributed by atoms with Gasteiger partial charge in [0.15, 0.2) is 5.78 Å². The second-order valence-electron chi connectivity index (χ2n) is 14.2. The normalized spacial score (nSPS) is 12.5. The topological polar surface area (TPSA) is 89.9 Å². The minimum Gasteiger partial charge on any atom is -0.463 e. The molecule has 0 aliphatic carbocycles. The lowest BCUT2D eigenvalue weighted by molar-refractivity contribution is -0.152. The van der Waals surface area contributed by atoms with Gasteiger partial charge in [0.25, 0.3) is 0 Å². The molecule has 0 fully saturated rings. The van der Waals surface area contributed by atoms with E-state index in [1.165, 1.54) is 128 Å². The Morgan fingerprint density at radius 3 is 1.39 bits per heavy atom. The molecule has 0 aromatic rings. The number of carbonyl (C=O) groups is 3. The fourth-order valence-electron chi connectivity index (χ4n) is 5.80. The summed E-state index contributed by atoms with van der Waals surface area (Å²) < 4.78 is 10.2. The largest absolute Gasteiger partial charge is 0.463 e. The van der Waals surface area contributed by atoms with Gasteiger partial charge < -0.3 is 14.6 Å². The summed E-state index contributed by atoms with van der Waals surface area (Å²) in [6, 6.07) is 0. The summed E-state index contributed by atoms with van der Waals surface area (Å²) in [5.74, 6) is -0.854. The van der Waals surface area contributed by atoms with Crippen LogP contribution in [-0.2, 0) is 23.9 Å². The Kier molecular flexibility index (Phi) is 38.4. The summed E-state index contributed by atoms with van der Waals surface area (Å²) in [7, 11) is 0. The van der Waals surface area contributed by atoms with Crippen LogP contribution in [0, 0.1) is 0 Å². The second-order valence-corrected chi connectivity index (χ2v) is 14.2. The molecule has 0 radical (unpaired) electrons. The molecule has 6 heteroatoms. The van der Waals surface area contributed by atoms with Crippen LogP contribution in [0.4, 0.5) is 0 Å². The molecule has 0 spiro atoms. The van der Waals surface area contributed by atoms with Gasteiger partial charge in [0.2, 0.25) is 0 Å². The van der Waals surface area contributed by atoms with Crippen LogP contribution >= 0.6 is 0 Å². The van der Waals surface area contributed by atoms with E-state index in [4.69, 9.17) is 9.47 Å². The molecule has 0 unspecified atom stereocenters. The molecule has 0 saturated heterocycles. The first-order chi connectivity index (χ1) is 25.0. The lowest BCUT2D eigenvalue weighted by Crippen LogP contribution is -2.25. The van der Waals surface area contributed by atoms with Gasteiger partial charge in [0, 0.05) is 19.3 Å². The number of allylic oxidation sites excluding steroid dienone is 8. The highest BCUT2D eigenvalue weighted by atomic mass is 16.6. The van der Waals surface area contributed by atoms with Crippen molar-refractivity contribution in [3.05, 3.63) is 48.6 Å². The standard InChI is InChI=1S/C45H78O6/c1-3-5-7-9-11-13-15-17-18-19-20-21-22-24-26-28-30-32-34-38-44(48)50-40-43(47)41-51-45(49)39-35-37-42(46)36-33-31-29-27-25-23-16-14-12-10-8-6-4-2/h12,14,23,25,29,31,33,36,43,47H,3-11,13,15-22,24,26-28,30,32,34-35,37-41H2,1-2H3/b14-12-,25-23-,31-29-,36-33+/t43-/m1/s1. The Morgan fingerprint density at radius 1 is 0.471 bits per heavy atom. The average molecular weight is 715 g/mol. The van der Waals surface area contributed by atoms with Crippen molar-refractivity contribution in [2.45, 2.75) is 206 Å². The first-order valence-corrected chi connectivity index (χ1v) is 21.1. The maximum absolute atomic E-state index is 12.0. The smallest absolute Gasteiger partial charge is 0.305 e. The average Bonchev–Trinajstić information content (AvgIpc) is 3.12. The second kappa shape index (κ2) is 40.3. The van der Waals surface area contributed by atoms with Crippen molar-refractivity contribution < 1.29 is 29.0 Å². The number of carbonyl (C=O) groups excluding carboxylic acids is 3. The summed E-state index contributed by atoms with van der Waals surface area (Å²) in [5, 5.41) is 10.0. The number of ether oxygens (including phenoxy) is 2. The SMILES string of the molecule is CCCCC/C=C\C/C=C\C/C=C\C=C\C(=O)CCCC(=O)OC[C@H](O)COC(=O)CCCCCCCCCCCCCCCCCCCCC. The molecule has 1 atom stereocenters. The van der Waals surface area contributed by atoms with Crippen LogP contribution in [0.25, 0.3) is 0 Å². The number of esters is 2. The van der Waals surface area contributed by atoms with Gasteiger partial charge in [-0.1, -0.05) is 185 Å². The summed E-state index contributed by atoms with van der Waals surface area (Å²) in [5.41, 5.74) is 0. The molecule has 294 valence electrons. The molecule has 0 bridgehead atoms. The first-order valence-electron chi connectivity index (χ1n) is 21.1. The van der Waals surface area contributed by atoms with E-state index in [0.29, 0.717) is 12.8 Å². The third kappa shape index (κ3) is 40.2. The quantitative estimate of drug-likeness (QED) is 0.0225. The van der Waals surface area contributed by atoms with E-state index in [1.807, 2.05) is 12.2 Å². The maximum Gasteiger partial charge on any atom is 0.305 e. The molecule has 0 heterocycles. The number of ketones is 1. The van der Waals surface area contributed by atoms with Gasteiger partial charge in [0.1, 0.15) is 19.3 Å². The summed E-state index contributed by atoms with van der Waals surface area (Å²) >= 11 is 0. The molecular weight excluding hydrogens is 636 g/mol. The Bertz CT molecular complexity index is 918. The van der Waals surface area contributed by atoms with Gasteiger partial charge >= 0.3 is 11.9 Å². The van der Waals surface area contributed by atoms with Gasteiger partial charge in [0.05, 0.1) is 0 Å². The van der Waals surface area contributed by atoms with Crippen LogP contribution in [0.15, 0.2) is 48.6 Å². The lowest BCUT2D eigenvalue weighted by atomic mass is 10.0. The fourth-order valence-corrected chi connectivity index (χ4v) is 5.80. The minimum atomic E-state index is -1.05. The van der Waals surface area contributed by atoms with Gasteiger partial charge in [-0.3, -0.25) is 14.4 Å². The number of unbranched alkanes of at least 4 members (excludes halogenated alkanes) is 21. The van der Waals surface area contributed by atoms with Crippen molar-refractivity contribution in [2.75, 3.05) is 13.2 Å². The van der Waals surface area contributed by atoms with E-state index in [1.54, 1.807) is 6.08 Å². The van der Waals surface area contributed by atoms with Crippen molar-refractivity contribution in [3.63, 3.8) is 0 Å². The molecule has 6 nitrogen and oxygen atoms in total. The highest BCUT2D eigenvalue weighted by Gasteiger charge is 2.12. The summed E-state index contributed by atoms with van der Waals surface area (Å²) in [6.45, 7) is 4.07. The molecule has 51 heavy (non-hydrogen) atoms. The number of aliphatic hydroxyl groups excluding tert-OH is 1. The van der Waals surface area contributed by atoms with E-state index in [0.717, 1.165) is 38.5 Å². The van der Waals surface area contributed by atoms with E-state index in [9.17, 15) is 19.5 Å². The van der Waals surface area contributed by atoms with Crippen molar-refractivity contribution >= 4 is 17.7 Å². The van der Waals surface area contributed by atoms with E-state index < -0.39 is 12.1 Å². The predicted molar refractivity (Wildman–Crippen MR) is 215 cm³/mol. The molecule has 0 aliphatic heterocycles. The van der Waals surface area contributed by atoms with Crippen LogP contribution in [0.2, 0.25) is 0 Å². The Hall–Kier alpha value is -2.47. The fraction of sp³-hybridized carbons (Fsp3) is 0.756. The van der Waals surface area contributed by atoms with Crippen LogP contribution in [-0.4, -0.2) is 42.1 Å². The molecule has 1 N–H and O–H groups in total. The molecule has 0 aromatic carbocycles. The summed E-state index contributed by atoms with van der Waals surface area (Å²) in [4.78, 5) is 36.0. The zero-order chi connectivity index (χ0) is 37.3. The van der Waals surface area contributed by atoms with E-state index in [2.05, 4.69) is 38.2 Å². The molecule has 0 aliphatic rings. The van der Waals surface area contributed by atoms with E-state index >= 15 is 0 Å².